The van der Waals surface area contributed by atoms with Crippen LogP contribution in [0.15, 0.2) is 24.3 Å². The first kappa shape index (κ1) is 23.2. The normalized spacial score (nSPS) is 10.5. The molecule has 0 fully saturated rings. The minimum absolute atomic E-state index is 0.0669. The van der Waals surface area contributed by atoms with Crippen LogP contribution in [-0.4, -0.2) is 46.7 Å². The van der Waals surface area contributed by atoms with Crippen molar-refractivity contribution in [2.24, 2.45) is 0 Å². The molecule has 0 saturated carbocycles. The quantitative estimate of drug-likeness (QED) is 0.184. The van der Waals surface area contributed by atoms with E-state index in [2.05, 4.69) is 20.6 Å². The van der Waals surface area contributed by atoms with Crippen LogP contribution in [0.3, 0.4) is 0 Å². The molecule has 0 unspecified atom stereocenters. The predicted molar refractivity (Wildman–Crippen MR) is 116 cm³/mol. The number of halogens is 1. The van der Waals surface area contributed by atoms with Crippen LogP contribution in [-0.2, 0) is 6.42 Å². The highest BCUT2D eigenvalue weighted by Gasteiger charge is 2.16. The number of rotatable bonds is 10. The molecule has 0 radical (unpaired) electrons. The lowest BCUT2D eigenvalue weighted by molar-refractivity contribution is 0.0971. The number of unbranched alkanes of at least 4 members (excludes halogenated alkanes) is 1. The number of aliphatic hydroxyl groups excluding tert-OH is 1. The van der Waals surface area contributed by atoms with E-state index >= 15 is 0 Å². The van der Waals surface area contributed by atoms with Gasteiger partial charge in [0.15, 0.2) is 28.4 Å². The number of aromatic nitrogens is 2. The van der Waals surface area contributed by atoms with E-state index in [1.165, 1.54) is 5.56 Å². The molecule has 0 aliphatic carbocycles. The van der Waals surface area contributed by atoms with Crippen molar-refractivity contribution in [2.75, 3.05) is 31.2 Å². The zero-order chi connectivity index (χ0) is 21.9. The minimum atomic E-state index is -0.694. The number of carbonyl (C=O) groups is 1. The highest BCUT2D eigenvalue weighted by Crippen LogP contribution is 2.17. The molecule has 10 nitrogen and oxygen atoms in total. The van der Waals surface area contributed by atoms with Gasteiger partial charge in [-0.15, -0.1) is 0 Å². The van der Waals surface area contributed by atoms with Crippen molar-refractivity contribution in [3.8, 4) is 5.75 Å². The van der Waals surface area contributed by atoms with Gasteiger partial charge in [0.1, 0.15) is 5.75 Å². The van der Waals surface area contributed by atoms with E-state index in [4.69, 9.17) is 38.3 Å². The number of amides is 1. The Labute approximate surface area is 179 Å². The molecular formula is C19H26ClN7O3. The molecule has 0 spiro atoms. The molecule has 0 saturated heterocycles. The summed E-state index contributed by atoms with van der Waals surface area (Å²) in [4.78, 5) is 19.7. The largest absolute Gasteiger partial charge is 0.494 e. The van der Waals surface area contributed by atoms with Gasteiger partial charge in [-0.05, 0) is 37.0 Å². The number of nitrogen functional groups attached to an aromatic ring is 2. The third kappa shape index (κ3) is 7.37. The van der Waals surface area contributed by atoms with Crippen molar-refractivity contribution >= 4 is 35.1 Å². The Kier molecular flexibility index (Phi) is 9.10. The molecule has 162 valence electrons. The third-order valence-corrected chi connectivity index (χ3v) is 4.33. The summed E-state index contributed by atoms with van der Waals surface area (Å²) < 4.78 is 5.50. The number of nitrogens with two attached hydrogens (primary N) is 2. The highest BCUT2D eigenvalue weighted by molar-refractivity contribution is 6.31. The topological polar surface area (TPSA) is 172 Å². The van der Waals surface area contributed by atoms with E-state index in [9.17, 15) is 4.79 Å². The van der Waals surface area contributed by atoms with Crippen molar-refractivity contribution in [3.05, 3.63) is 40.7 Å². The molecule has 0 atom stereocenters. The Hall–Kier alpha value is -3.11. The maximum atomic E-state index is 12.1. The fourth-order valence-corrected chi connectivity index (χ4v) is 2.63. The van der Waals surface area contributed by atoms with Crippen molar-refractivity contribution in [3.63, 3.8) is 0 Å². The monoisotopic (exact) mass is 435 g/mol. The summed E-state index contributed by atoms with van der Waals surface area (Å²) in [5.74, 6) is -0.306. The van der Waals surface area contributed by atoms with Gasteiger partial charge in [-0.1, -0.05) is 23.7 Å². The number of anilines is 2. The van der Waals surface area contributed by atoms with Gasteiger partial charge < -0.3 is 26.6 Å². The average molecular weight is 436 g/mol. The smallest absolute Gasteiger partial charge is 0.280 e. The Morgan fingerprint density at radius 3 is 2.57 bits per heavy atom. The van der Waals surface area contributed by atoms with E-state index in [1.807, 2.05) is 24.3 Å². The van der Waals surface area contributed by atoms with Crippen molar-refractivity contribution in [1.29, 1.82) is 5.41 Å². The van der Waals surface area contributed by atoms with Crippen LogP contribution in [0, 0.1) is 5.41 Å². The Morgan fingerprint density at radius 2 is 1.87 bits per heavy atom. The fraction of sp³-hybridized carbons (Fsp3) is 0.368. The first-order valence-corrected chi connectivity index (χ1v) is 9.83. The maximum Gasteiger partial charge on any atom is 0.280 e. The first-order valence-electron chi connectivity index (χ1n) is 9.45. The van der Waals surface area contributed by atoms with Gasteiger partial charge in [0.05, 0.1) is 6.61 Å². The summed E-state index contributed by atoms with van der Waals surface area (Å²) in [5, 5.41) is 21.6. The Balaban J connectivity index is 1.66. The van der Waals surface area contributed by atoms with Crippen molar-refractivity contribution in [1.82, 2.24) is 20.6 Å². The second-order valence-electron chi connectivity index (χ2n) is 6.42. The number of hydrogen-bond donors (Lipinski definition) is 6. The lowest BCUT2D eigenvalue weighted by Crippen LogP contribution is -2.41. The number of aryl methyl sites for hydroxylation is 1. The number of aliphatic hydroxyl groups is 1. The molecule has 1 amide bonds. The number of nitrogens with one attached hydrogen (secondary N) is 3. The molecule has 2 rings (SSSR count). The lowest BCUT2D eigenvalue weighted by Gasteiger charge is -2.10. The molecule has 2 aromatic rings. The molecule has 0 aliphatic rings. The average Bonchev–Trinajstić information content (AvgIpc) is 2.71. The second-order valence-corrected chi connectivity index (χ2v) is 6.77. The summed E-state index contributed by atoms with van der Waals surface area (Å²) in [6.07, 6.45) is 3.21. The summed E-state index contributed by atoms with van der Waals surface area (Å²) in [7, 11) is 0. The summed E-state index contributed by atoms with van der Waals surface area (Å²) in [6, 6.07) is 7.84. The van der Waals surface area contributed by atoms with Crippen LogP contribution in [0.25, 0.3) is 0 Å². The molecular weight excluding hydrogens is 410 g/mol. The number of ether oxygens (including phenoxy) is 1. The van der Waals surface area contributed by atoms with Gasteiger partial charge >= 0.3 is 0 Å². The Bertz CT molecular complexity index is 862. The van der Waals surface area contributed by atoms with E-state index in [0.29, 0.717) is 19.6 Å². The molecule has 1 aromatic carbocycles. The van der Waals surface area contributed by atoms with Gasteiger partial charge in [0.25, 0.3) is 5.91 Å². The fourth-order valence-electron chi connectivity index (χ4n) is 2.50. The van der Waals surface area contributed by atoms with Gasteiger partial charge in [-0.3, -0.25) is 15.5 Å². The highest BCUT2D eigenvalue weighted by atomic mass is 35.5. The number of benzene rings is 1. The van der Waals surface area contributed by atoms with Crippen LogP contribution in [0.4, 0.5) is 11.6 Å². The Morgan fingerprint density at radius 1 is 1.13 bits per heavy atom. The summed E-state index contributed by atoms with van der Waals surface area (Å²) in [6.45, 7) is 1.13. The number of carbonyl (C=O) groups excluding carboxylic acids is 1. The number of hydrogen-bond acceptors (Lipinski definition) is 8. The van der Waals surface area contributed by atoms with Crippen LogP contribution in [0.1, 0.15) is 35.3 Å². The van der Waals surface area contributed by atoms with Crippen molar-refractivity contribution in [2.45, 2.75) is 25.7 Å². The first-order chi connectivity index (χ1) is 14.4. The minimum Gasteiger partial charge on any atom is -0.494 e. The van der Waals surface area contributed by atoms with Crippen LogP contribution in [0.2, 0.25) is 5.15 Å². The van der Waals surface area contributed by atoms with Gasteiger partial charge in [0, 0.05) is 19.6 Å². The molecule has 8 N–H and O–H groups in total. The molecule has 1 aromatic heterocycles. The standard InChI is InChI=1S/C19H26ClN7O3/c20-15-17(22)26-16(21)14(25-15)18(29)27-19(23)24-9-2-1-4-12-5-7-13(8-6-12)30-11-3-10-28/h5-8,28H,1-4,9-11H2,(H4,21,22,26)(H3,23,24,27,29). The molecule has 30 heavy (non-hydrogen) atoms. The van der Waals surface area contributed by atoms with E-state index in [-0.39, 0.29) is 35.0 Å². The van der Waals surface area contributed by atoms with Crippen LogP contribution in [0.5, 0.6) is 5.75 Å². The summed E-state index contributed by atoms with van der Waals surface area (Å²) in [5.41, 5.74) is 12.1. The van der Waals surface area contributed by atoms with E-state index in [1.54, 1.807) is 0 Å². The molecule has 11 heteroatoms. The SMILES string of the molecule is N=C(NCCCCc1ccc(OCCCO)cc1)NC(=O)c1nc(Cl)c(N)nc1N. The van der Waals surface area contributed by atoms with Gasteiger partial charge in [-0.25, -0.2) is 9.97 Å². The molecule has 1 heterocycles. The zero-order valence-corrected chi connectivity index (χ0v) is 17.2. The third-order valence-electron chi connectivity index (χ3n) is 4.05. The van der Waals surface area contributed by atoms with E-state index < -0.39 is 5.91 Å². The van der Waals surface area contributed by atoms with Crippen LogP contribution >= 0.6 is 11.6 Å². The van der Waals surface area contributed by atoms with E-state index in [0.717, 1.165) is 25.0 Å². The number of nitrogens with zero attached hydrogens (tertiary/aromatic N) is 2. The van der Waals surface area contributed by atoms with Gasteiger partial charge in [0.2, 0.25) is 0 Å². The molecule has 0 aliphatic heterocycles. The number of guanidine groups is 1. The maximum absolute atomic E-state index is 12.1. The van der Waals surface area contributed by atoms with Gasteiger partial charge in [-0.2, -0.15) is 0 Å². The predicted octanol–water partition coefficient (Wildman–Crippen LogP) is 1.33. The summed E-state index contributed by atoms with van der Waals surface area (Å²) >= 11 is 5.75. The second kappa shape index (κ2) is 11.8. The lowest BCUT2D eigenvalue weighted by atomic mass is 10.1. The van der Waals surface area contributed by atoms with Crippen molar-refractivity contribution < 1.29 is 14.6 Å². The van der Waals surface area contributed by atoms with Crippen LogP contribution < -0.4 is 26.8 Å². The zero-order valence-electron chi connectivity index (χ0n) is 16.4. The molecule has 0 bridgehead atoms.